The maximum absolute atomic E-state index is 13.1. The number of piperidine rings is 1. The van der Waals surface area contributed by atoms with Gasteiger partial charge in [0.15, 0.2) is 0 Å². The normalized spacial score (nSPS) is 18.3. The van der Waals surface area contributed by atoms with Crippen molar-refractivity contribution in [3.8, 4) is 11.8 Å². The molecular weight excluding hydrogens is 765 g/mol. The first kappa shape index (κ1) is 39.3. The molecule has 5 heterocycles. The van der Waals surface area contributed by atoms with E-state index in [4.69, 9.17) is 19.9 Å². The summed E-state index contributed by atoms with van der Waals surface area (Å²) in [5.74, 6) is 3.18. The Kier molecular flexibility index (Phi) is 10.8. The minimum atomic E-state index is -5.08. The monoisotopic (exact) mass is 798 g/mol. The first-order valence-electron chi connectivity index (χ1n) is 18.1. The molecule has 4 aliphatic heterocycles. The Bertz CT molecular complexity index is 2400. The van der Waals surface area contributed by atoms with Gasteiger partial charge in [0.05, 0.1) is 21.6 Å². The summed E-state index contributed by atoms with van der Waals surface area (Å²) in [5.41, 5.74) is 3.00. The minimum absolute atomic E-state index is 0.0721. The van der Waals surface area contributed by atoms with Crippen LogP contribution in [-0.4, -0.2) is 110 Å². The van der Waals surface area contributed by atoms with E-state index in [2.05, 4.69) is 32.3 Å². The molecule has 19 heteroatoms. The number of nitro groups is 1. The number of rotatable bonds is 8. The molecule has 3 fully saturated rings. The molecule has 1 atom stereocenters. The van der Waals surface area contributed by atoms with Crippen LogP contribution in [0.3, 0.4) is 0 Å². The second kappa shape index (κ2) is 15.9. The molecule has 298 valence electrons. The van der Waals surface area contributed by atoms with E-state index in [0.29, 0.717) is 30.5 Å². The Labute approximate surface area is 327 Å². The molecule has 58 heavy (non-hydrogen) atoms. The topological polar surface area (TPSA) is 208 Å². The van der Waals surface area contributed by atoms with E-state index in [1.54, 1.807) is 30.3 Å². The minimum Gasteiger partial charge on any atom is -0.475 e. The maximum Gasteiger partial charge on any atom is 0.490 e. The SMILES string of the molecule is O=C(O)C(F)(F)F.O=C1CCC(N2C(=O)c3ccc(C#CC4CN(C5CN(c6nc(NCCc7ccc([N+](=O)[O-])cc7)c7ccccc7n6)C5)C4)cc3C2=O)C(=O)N1. The van der Waals surface area contributed by atoms with Gasteiger partial charge in [-0.1, -0.05) is 36.1 Å². The quantitative estimate of drug-likeness (QED) is 0.101. The number of carbonyl (C=O) groups excluding carboxylic acids is 4. The summed E-state index contributed by atoms with van der Waals surface area (Å²) in [4.78, 5) is 84.7. The van der Waals surface area contributed by atoms with Crippen molar-refractivity contribution in [2.75, 3.05) is 42.9 Å². The number of aromatic nitrogens is 2. The second-order valence-electron chi connectivity index (χ2n) is 14.0. The van der Waals surface area contributed by atoms with Gasteiger partial charge in [0, 0.05) is 74.2 Å². The summed E-state index contributed by atoms with van der Waals surface area (Å²) in [6, 6.07) is 18.7. The molecule has 0 radical (unpaired) electrons. The number of aliphatic carboxylic acids is 1. The van der Waals surface area contributed by atoms with Crippen LogP contribution in [0.25, 0.3) is 10.9 Å². The number of hydrogen-bond acceptors (Lipinski definition) is 12. The fourth-order valence-electron chi connectivity index (χ4n) is 6.94. The number of para-hydroxylation sites is 1. The first-order valence-corrected chi connectivity index (χ1v) is 18.1. The van der Waals surface area contributed by atoms with E-state index in [-0.39, 0.29) is 35.6 Å². The molecule has 0 saturated carbocycles. The zero-order valence-electron chi connectivity index (χ0n) is 30.4. The molecule has 8 rings (SSSR count). The summed E-state index contributed by atoms with van der Waals surface area (Å²) in [5, 5.41) is 24.7. The smallest absolute Gasteiger partial charge is 0.475 e. The highest BCUT2D eigenvalue weighted by molar-refractivity contribution is 6.23. The molecule has 3 N–H and O–H groups in total. The highest BCUT2D eigenvalue weighted by atomic mass is 19.4. The number of nitrogens with zero attached hydrogens (tertiary/aromatic N) is 6. The number of carbonyl (C=O) groups is 5. The molecule has 16 nitrogen and oxygen atoms in total. The van der Waals surface area contributed by atoms with Crippen molar-refractivity contribution in [2.24, 2.45) is 5.92 Å². The highest BCUT2D eigenvalue weighted by Crippen LogP contribution is 2.31. The molecule has 3 aromatic carbocycles. The van der Waals surface area contributed by atoms with Crippen LogP contribution in [0.1, 0.15) is 44.7 Å². The van der Waals surface area contributed by atoms with Gasteiger partial charge in [-0.15, -0.1) is 0 Å². The van der Waals surface area contributed by atoms with Crippen LogP contribution in [0.4, 0.5) is 30.6 Å². The number of halogens is 3. The van der Waals surface area contributed by atoms with Crippen LogP contribution in [0.2, 0.25) is 0 Å². The number of alkyl halides is 3. The molecule has 4 amide bonds. The number of likely N-dealkylation sites (tertiary alicyclic amines) is 1. The van der Waals surface area contributed by atoms with Crippen LogP contribution in [-0.2, 0) is 20.8 Å². The van der Waals surface area contributed by atoms with Crippen LogP contribution >= 0.6 is 0 Å². The molecule has 1 unspecified atom stereocenters. The van der Waals surface area contributed by atoms with E-state index < -0.39 is 46.7 Å². The van der Waals surface area contributed by atoms with Gasteiger partial charge in [0.25, 0.3) is 17.5 Å². The number of carboxylic acid groups (broad SMARTS) is 1. The third kappa shape index (κ3) is 8.27. The zero-order valence-corrected chi connectivity index (χ0v) is 30.4. The van der Waals surface area contributed by atoms with E-state index in [1.807, 2.05) is 24.3 Å². The summed E-state index contributed by atoms with van der Waals surface area (Å²) >= 11 is 0. The van der Waals surface area contributed by atoms with Crippen molar-refractivity contribution >= 4 is 58.0 Å². The lowest BCUT2D eigenvalue weighted by atomic mass is 9.94. The first-order chi connectivity index (χ1) is 27.7. The van der Waals surface area contributed by atoms with E-state index in [9.17, 15) is 42.5 Å². The van der Waals surface area contributed by atoms with Gasteiger partial charge in [0.1, 0.15) is 11.9 Å². The molecular formula is C39H33F3N8O8. The van der Waals surface area contributed by atoms with Gasteiger partial charge in [0.2, 0.25) is 17.8 Å². The van der Waals surface area contributed by atoms with Crippen LogP contribution in [0.15, 0.2) is 66.7 Å². The number of hydrogen-bond donors (Lipinski definition) is 3. The number of anilines is 2. The summed E-state index contributed by atoms with van der Waals surface area (Å²) < 4.78 is 31.7. The van der Waals surface area contributed by atoms with Crippen LogP contribution in [0, 0.1) is 27.9 Å². The van der Waals surface area contributed by atoms with Crippen LogP contribution in [0.5, 0.6) is 0 Å². The van der Waals surface area contributed by atoms with E-state index >= 15 is 0 Å². The average Bonchev–Trinajstić information content (AvgIpc) is 3.39. The summed E-state index contributed by atoms with van der Waals surface area (Å²) in [6.45, 7) is 3.85. The molecule has 0 bridgehead atoms. The second-order valence-corrected chi connectivity index (χ2v) is 14.0. The predicted octanol–water partition coefficient (Wildman–Crippen LogP) is 3.40. The molecule has 1 aromatic heterocycles. The lowest BCUT2D eigenvalue weighted by molar-refractivity contribution is -0.384. The molecule has 4 aromatic rings. The number of imide groups is 2. The van der Waals surface area contributed by atoms with Gasteiger partial charge in [-0.2, -0.15) is 18.2 Å². The largest absolute Gasteiger partial charge is 0.490 e. The Morgan fingerprint density at radius 2 is 1.66 bits per heavy atom. The number of amides is 4. The molecule has 0 spiro atoms. The Hall–Kier alpha value is -6.94. The van der Waals surface area contributed by atoms with Crippen molar-refractivity contribution in [1.82, 2.24) is 25.1 Å². The standard InChI is InChI=1S/C37H32N8O6.C2HF3O2/c46-32-14-13-31(34(47)40-32)44-35(48)27-12-9-23(17-29(27)36(44)49)5-6-24-18-42(19-24)26-20-43(21-26)37-39-30-4-2-1-3-28(30)33(41-37)38-16-15-22-7-10-25(11-8-22)45(50)51;3-2(4,5)1(6)7/h1-4,7-12,17,24,26,31H,13-16,18-21H2,(H,38,39,41)(H,40,46,47);(H,6,7). The van der Waals surface area contributed by atoms with Crippen molar-refractivity contribution in [2.45, 2.75) is 37.5 Å². The Morgan fingerprint density at radius 1 is 0.966 bits per heavy atom. The van der Waals surface area contributed by atoms with Crippen molar-refractivity contribution in [3.05, 3.63) is 99.1 Å². The van der Waals surface area contributed by atoms with Crippen molar-refractivity contribution in [1.29, 1.82) is 0 Å². The summed E-state index contributed by atoms with van der Waals surface area (Å²) in [7, 11) is 0. The number of nitro benzene ring substituents is 1. The fraction of sp³-hybridized carbons (Fsp3) is 0.308. The van der Waals surface area contributed by atoms with Gasteiger partial charge < -0.3 is 15.3 Å². The molecule has 3 saturated heterocycles. The van der Waals surface area contributed by atoms with Gasteiger partial charge >= 0.3 is 12.1 Å². The number of nitrogens with one attached hydrogen (secondary N) is 2. The average molecular weight is 799 g/mol. The molecule has 0 aliphatic carbocycles. The highest BCUT2D eigenvalue weighted by Gasteiger charge is 2.45. The van der Waals surface area contributed by atoms with Crippen molar-refractivity contribution in [3.63, 3.8) is 0 Å². The lowest BCUT2D eigenvalue weighted by Crippen LogP contribution is -2.65. The Balaban J connectivity index is 0.000000672. The molecule has 4 aliphatic rings. The lowest BCUT2D eigenvalue weighted by Gasteiger charge is -2.50. The third-order valence-electron chi connectivity index (χ3n) is 10.1. The maximum atomic E-state index is 13.1. The predicted molar refractivity (Wildman–Crippen MR) is 200 cm³/mol. The zero-order chi connectivity index (χ0) is 41.3. The number of fused-ring (bicyclic) bond motifs is 2. The number of benzene rings is 3. The van der Waals surface area contributed by atoms with Crippen LogP contribution < -0.4 is 15.5 Å². The number of non-ortho nitro benzene ring substituents is 1. The van der Waals surface area contributed by atoms with Crippen molar-refractivity contribution < 1.29 is 47.2 Å². The Morgan fingerprint density at radius 3 is 2.33 bits per heavy atom. The van der Waals surface area contributed by atoms with E-state index in [1.165, 1.54) is 12.1 Å². The number of carboxylic acids is 1. The van der Waals surface area contributed by atoms with Gasteiger partial charge in [-0.05, 0) is 48.7 Å². The van der Waals surface area contributed by atoms with E-state index in [0.717, 1.165) is 53.4 Å². The van der Waals surface area contributed by atoms with Gasteiger partial charge in [-0.25, -0.2) is 9.78 Å². The third-order valence-corrected chi connectivity index (χ3v) is 10.1. The summed E-state index contributed by atoms with van der Waals surface area (Å²) in [6.07, 6.45) is -4.21. The van der Waals surface area contributed by atoms with Gasteiger partial charge in [-0.3, -0.25) is 44.4 Å². The fourth-order valence-corrected chi connectivity index (χ4v) is 6.94.